The lowest BCUT2D eigenvalue weighted by molar-refractivity contribution is 0.419. The van der Waals surface area contributed by atoms with Crippen LogP contribution in [0.4, 0.5) is 0 Å². The zero-order valence-corrected chi connectivity index (χ0v) is 11.4. The van der Waals surface area contributed by atoms with Crippen molar-refractivity contribution in [3.05, 3.63) is 40.6 Å². The number of halogens is 1. The van der Waals surface area contributed by atoms with Crippen molar-refractivity contribution in [2.24, 2.45) is 5.92 Å². The van der Waals surface area contributed by atoms with Crippen molar-refractivity contribution >= 4 is 15.9 Å². The highest BCUT2D eigenvalue weighted by Crippen LogP contribution is 2.28. The van der Waals surface area contributed by atoms with Gasteiger partial charge in [0.05, 0.1) is 0 Å². The fourth-order valence-electron chi connectivity index (χ4n) is 2.49. The molecule has 2 aromatic rings. The van der Waals surface area contributed by atoms with Gasteiger partial charge < -0.3 is 4.57 Å². The summed E-state index contributed by atoms with van der Waals surface area (Å²) in [6.45, 7) is 3.41. The van der Waals surface area contributed by atoms with Crippen LogP contribution in [0.25, 0.3) is 11.4 Å². The van der Waals surface area contributed by atoms with E-state index in [1.807, 2.05) is 12.3 Å². The molecule has 0 N–H and O–H groups in total. The van der Waals surface area contributed by atoms with E-state index in [2.05, 4.69) is 50.6 Å². The van der Waals surface area contributed by atoms with E-state index in [0.29, 0.717) is 0 Å². The first-order chi connectivity index (χ1) is 8.24. The number of aromatic nitrogens is 2. The van der Waals surface area contributed by atoms with Gasteiger partial charge in [-0.3, -0.25) is 0 Å². The third kappa shape index (κ3) is 2.04. The standard InChI is InChI=1S/C14H15BrN2/c1-10-5-6-17-13(7-10)9-16-14(17)11-3-2-4-12(15)8-11/h2-4,8-10H,5-7H2,1H3. The van der Waals surface area contributed by atoms with E-state index in [9.17, 15) is 0 Å². The Labute approximate surface area is 110 Å². The highest BCUT2D eigenvalue weighted by molar-refractivity contribution is 9.10. The van der Waals surface area contributed by atoms with E-state index in [1.54, 1.807) is 0 Å². The van der Waals surface area contributed by atoms with Crippen LogP contribution in [0.3, 0.4) is 0 Å². The Morgan fingerprint density at radius 1 is 1.41 bits per heavy atom. The predicted octanol–water partition coefficient (Wildman–Crippen LogP) is 3.89. The molecule has 1 aliphatic rings. The SMILES string of the molecule is CC1CCn2c(cnc2-c2cccc(Br)c2)C1. The fourth-order valence-corrected chi connectivity index (χ4v) is 2.89. The van der Waals surface area contributed by atoms with E-state index in [-0.39, 0.29) is 0 Å². The molecule has 1 aliphatic heterocycles. The lowest BCUT2D eigenvalue weighted by atomic mass is 9.98. The maximum absolute atomic E-state index is 4.59. The maximum Gasteiger partial charge on any atom is 0.140 e. The molecule has 1 aromatic carbocycles. The third-order valence-electron chi connectivity index (χ3n) is 3.42. The van der Waals surface area contributed by atoms with Crippen LogP contribution in [-0.4, -0.2) is 9.55 Å². The van der Waals surface area contributed by atoms with Gasteiger partial charge in [-0.25, -0.2) is 4.98 Å². The molecule has 0 bridgehead atoms. The average molecular weight is 291 g/mol. The number of rotatable bonds is 1. The summed E-state index contributed by atoms with van der Waals surface area (Å²) in [6, 6.07) is 8.37. The fraction of sp³-hybridized carbons (Fsp3) is 0.357. The van der Waals surface area contributed by atoms with Gasteiger partial charge in [0.1, 0.15) is 5.82 Å². The molecule has 2 heterocycles. The summed E-state index contributed by atoms with van der Waals surface area (Å²) in [5, 5.41) is 0. The first kappa shape index (κ1) is 11.0. The van der Waals surface area contributed by atoms with E-state index in [0.717, 1.165) is 29.2 Å². The summed E-state index contributed by atoms with van der Waals surface area (Å²) in [5.74, 6) is 1.89. The molecule has 0 saturated carbocycles. The van der Waals surface area contributed by atoms with Gasteiger partial charge in [0.25, 0.3) is 0 Å². The molecule has 17 heavy (non-hydrogen) atoms. The Kier molecular flexibility index (Phi) is 2.79. The summed E-state index contributed by atoms with van der Waals surface area (Å²) in [6.07, 6.45) is 4.44. The molecule has 0 saturated heterocycles. The summed E-state index contributed by atoms with van der Waals surface area (Å²) >= 11 is 3.52. The molecule has 3 heteroatoms. The Morgan fingerprint density at radius 2 is 2.29 bits per heavy atom. The normalized spacial score (nSPS) is 19.1. The zero-order chi connectivity index (χ0) is 11.8. The molecule has 0 radical (unpaired) electrons. The number of benzene rings is 1. The Balaban J connectivity index is 2.05. The first-order valence-electron chi connectivity index (χ1n) is 6.04. The number of nitrogens with zero attached hydrogens (tertiary/aromatic N) is 2. The minimum absolute atomic E-state index is 0.787. The van der Waals surface area contributed by atoms with Crippen molar-refractivity contribution in [1.82, 2.24) is 9.55 Å². The van der Waals surface area contributed by atoms with E-state index in [1.165, 1.54) is 17.7 Å². The van der Waals surface area contributed by atoms with Crippen molar-refractivity contribution in [2.45, 2.75) is 26.3 Å². The summed E-state index contributed by atoms with van der Waals surface area (Å²) in [4.78, 5) is 4.59. The van der Waals surface area contributed by atoms with Crippen LogP contribution in [0.15, 0.2) is 34.9 Å². The van der Waals surface area contributed by atoms with Crippen molar-refractivity contribution in [3.63, 3.8) is 0 Å². The van der Waals surface area contributed by atoms with Crippen LogP contribution in [0.5, 0.6) is 0 Å². The van der Waals surface area contributed by atoms with Crippen LogP contribution in [-0.2, 0) is 13.0 Å². The van der Waals surface area contributed by atoms with Crippen LogP contribution in [0.1, 0.15) is 19.0 Å². The summed E-state index contributed by atoms with van der Waals surface area (Å²) in [7, 11) is 0. The van der Waals surface area contributed by atoms with E-state index in [4.69, 9.17) is 0 Å². The minimum atomic E-state index is 0.787. The van der Waals surface area contributed by atoms with Crippen LogP contribution >= 0.6 is 15.9 Å². The van der Waals surface area contributed by atoms with E-state index >= 15 is 0 Å². The smallest absolute Gasteiger partial charge is 0.140 e. The van der Waals surface area contributed by atoms with E-state index < -0.39 is 0 Å². The Bertz CT molecular complexity index is 545. The molecule has 1 atom stereocenters. The summed E-state index contributed by atoms with van der Waals surface area (Å²) in [5.41, 5.74) is 2.57. The number of hydrogen-bond donors (Lipinski definition) is 0. The van der Waals surface area contributed by atoms with Crippen molar-refractivity contribution < 1.29 is 0 Å². The van der Waals surface area contributed by atoms with Gasteiger partial charge in [-0.2, -0.15) is 0 Å². The molecule has 2 nitrogen and oxygen atoms in total. The topological polar surface area (TPSA) is 17.8 Å². The van der Waals surface area contributed by atoms with Gasteiger partial charge in [-0.1, -0.05) is 35.0 Å². The van der Waals surface area contributed by atoms with Gasteiger partial charge >= 0.3 is 0 Å². The predicted molar refractivity (Wildman–Crippen MR) is 72.8 cm³/mol. The molecule has 88 valence electrons. The largest absolute Gasteiger partial charge is 0.328 e. The molecule has 1 aromatic heterocycles. The van der Waals surface area contributed by atoms with Gasteiger partial charge in [0.2, 0.25) is 0 Å². The summed E-state index contributed by atoms with van der Waals surface area (Å²) < 4.78 is 3.47. The highest BCUT2D eigenvalue weighted by atomic mass is 79.9. The molecule has 1 unspecified atom stereocenters. The zero-order valence-electron chi connectivity index (χ0n) is 9.86. The van der Waals surface area contributed by atoms with Gasteiger partial charge in [0, 0.05) is 28.5 Å². The van der Waals surface area contributed by atoms with Crippen molar-refractivity contribution in [3.8, 4) is 11.4 Å². The quantitative estimate of drug-likeness (QED) is 0.779. The molecule has 0 aliphatic carbocycles. The second kappa shape index (κ2) is 4.30. The average Bonchev–Trinajstić information content (AvgIpc) is 2.71. The number of fused-ring (bicyclic) bond motifs is 1. The lowest BCUT2D eigenvalue weighted by Gasteiger charge is -2.21. The maximum atomic E-state index is 4.59. The van der Waals surface area contributed by atoms with Gasteiger partial charge in [-0.05, 0) is 30.9 Å². The monoisotopic (exact) mass is 290 g/mol. The van der Waals surface area contributed by atoms with Gasteiger partial charge in [0.15, 0.2) is 0 Å². The Hall–Kier alpha value is -1.09. The number of hydrogen-bond acceptors (Lipinski definition) is 1. The molecular formula is C14H15BrN2. The first-order valence-corrected chi connectivity index (χ1v) is 6.83. The molecule has 3 rings (SSSR count). The Morgan fingerprint density at radius 3 is 3.12 bits per heavy atom. The number of imidazole rings is 1. The third-order valence-corrected chi connectivity index (χ3v) is 3.92. The second-order valence-corrected chi connectivity index (χ2v) is 5.75. The van der Waals surface area contributed by atoms with Crippen LogP contribution in [0.2, 0.25) is 0 Å². The lowest BCUT2D eigenvalue weighted by Crippen LogP contribution is -2.17. The molecule has 0 amide bonds. The van der Waals surface area contributed by atoms with Gasteiger partial charge in [-0.15, -0.1) is 0 Å². The molecule has 0 fully saturated rings. The van der Waals surface area contributed by atoms with Crippen molar-refractivity contribution in [1.29, 1.82) is 0 Å². The molecule has 0 spiro atoms. The van der Waals surface area contributed by atoms with Crippen LogP contribution < -0.4 is 0 Å². The highest BCUT2D eigenvalue weighted by Gasteiger charge is 2.19. The van der Waals surface area contributed by atoms with Crippen molar-refractivity contribution in [2.75, 3.05) is 0 Å². The second-order valence-electron chi connectivity index (χ2n) is 4.83. The molecular weight excluding hydrogens is 276 g/mol. The minimum Gasteiger partial charge on any atom is -0.328 e. The van der Waals surface area contributed by atoms with Crippen LogP contribution in [0, 0.1) is 5.92 Å².